The van der Waals surface area contributed by atoms with Gasteiger partial charge in [-0.05, 0) is 31.2 Å². The summed E-state index contributed by atoms with van der Waals surface area (Å²) in [5, 5.41) is 0. The molecule has 0 bridgehead atoms. The topological polar surface area (TPSA) is 20.3 Å². The molecule has 1 aromatic carbocycles. The number of amides is 1. The largest absolute Gasteiger partial charge is 0.340 e. The second-order valence-electron chi connectivity index (χ2n) is 5.14. The van der Waals surface area contributed by atoms with Crippen LogP contribution in [0.15, 0.2) is 30.3 Å². The SMILES string of the molecule is CC(CCc1ccccc1)N1CC(CCl)CC1=O. The van der Waals surface area contributed by atoms with E-state index in [9.17, 15) is 4.79 Å². The van der Waals surface area contributed by atoms with E-state index in [1.807, 2.05) is 11.0 Å². The highest BCUT2D eigenvalue weighted by atomic mass is 35.5. The number of benzene rings is 1. The van der Waals surface area contributed by atoms with E-state index in [4.69, 9.17) is 11.6 Å². The van der Waals surface area contributed by atoms with Crippen molar-refractivity contribution in [1.29, 1.82) is 0 Å². The summed E-state index contributed by atoms with van der Waals surface area (Å²) in [6.07, 6.45) is 2.67. The maximum absolute atomic E-state index is 11.9. The third-order valence-electron chi connectivity index (χ3n) is 3.68. The minimum atomic E-state index is 0.265. The number of aryl methyl sites for hydroxylation is 1. The highest BCUT2D eigenvalue weighted by Gasteiger charge is 2.31. The van der Waals surface area contributed by atoms with Gasteiger partial charge in [0.2, 0.25) is 5.91 Å². The molecule has 0 aliphatic carbocycles. The van der Waals surface area contributed by atoms with Crippen LogP contribution in [0.4, 0.5) is 0 Å². The Morgan fingerprint density at radius 3 is 2.72 bits per heavy atom. The Balaban J connectivity index is 1.85. The van der Waals surface area contributed by atoms with Crippen LogP contribution in [0.1, 0.15) is 25.3 Å². The summed E-state index contributed by atoms with van der Waals surface area (Å²) >= 11 is 5.84. The second kappa shape index (κ2) is 6.24. The number of hydrogen-bond donors (Lipinski definition) is 0. The molecule has 98 valence electrons. The van der Waals surface area contributed by atoms with Gasteiger partial charge >= 0.3 is 0 Å². The highest BCUT2D eigenvalue weighted by Crippen LogP contribution is 2.23. The van der Waals surface area contributed by atoms with Crippen molar-refractivity contribution in [3.63, 3.8) is 0 Å². The fourth-order valence-corrected chi connectivity index (χ4v) is 2.72. The molecule has 1 saturated heterocycles. The Hall–Kier alpha value is -1.02. The summed E-state index contributed by atoms with van der Waals surface area (Å²) in [4.78, 5) is 13.9. The lowest BCUT2D eigenvalue weighted by Crippen LogP contribution is -2.34. The van der Waals surface area contributed by atoms with E-state index in [0.717, 1.165) is 19.4 Å². The fraction of sp³-hybridized carbons (Fsp3) is 0.533. The molecule has 1 aliphatic rings. The molecule has 3 heteroatoms. The number of nitrogens with zero attached hydrogens (tertiary/aromatic N) is 1. The number of carbonyl (C=O) groups excluding carboxylic acids is 1. The molecule has 2 rings (SSSR count). The van der Waals surface area contributed by atoms with Crippen molar-refractivity contribution in [3.05, 3.63) is 35.9 Å². The number of halogens is 1. The normalized spacial score (nSPS) is 21.3. The Kier molecular flexibility index (Phi) is 4.65. The molecule has 1 aromatic rings. The standard InChI is InChI=1S/C15H20ClNO/c1-12(7-8-13-5-3-2-4-6-13)17-11-14(10-16)9-15(17)18/h2-6,12,14H,7-11H2,1H3. The maximum atomic E-state index is 11.9. The molecule has 0 spiro atoms. The summed E-state index contributed by atoms with van der Waals surface area (Å²) in [6.45, 7) is 2.97. The summed E-state index contributed by atoms with van der Waals surface area (Å²) in [5.74, 6) is 1.20. The van der Waals surface area contributed by atoms with Gasteiger partial charge in [-0.3, -0.25) is 4.79 Å². The van der Waals surface area contributed by atoms with Gasteiger partial charge in [0.15, 0.2) is 0 Å². The lowest BCUT2D eigenvalue weighted by molar-refractivity contribution is -0.129. The average molecular weight is 266 g/mol. The first-order chi connectivity index (χ1) is 8.70. The van der Waals surface area contributed by atoms with E-state index in [1.54, 1.807) is 0 Å². The molecule has 0 saturated carbocycles. The van der Waals surface area contributed by atoms with Crippen LogP contribution in [-0.4, -0.2) is 29.3 Å². The predicted octanol–water partition coefficient (Wildman–Crippen LogP) is 3.10. The summed E-state index contributed by atoms with van der Waals surface area (Å²) in [6, 6.07) is 10.7. The minimum Gasteiger partial charge on any atom is -0.340 e. The molecular weight excluding hydrogens is 246 g/mol. The minimum absolute atomic E-state index is 0.265. The Labute approximate surface area is 114 Å². The van der Waals surface area contributed by atoms with Crippen LogP contribution in [0.3, 0.4) is 0 Å². The zero-order valence-electron chi connectivity index (χ0n) is 10.8. The fourth-order valence-electron chi connectivity index (χ4n) is 2.51. The van der Waals surface area contributed by atoms with Gasteiger partial charge in [0.25, 0.3) is 0 Å². The van der Waals surface area contributed by atoms with Crippen molar-refractivity contribution < 1.29 is 4.79 Å². The average Bonchev–Trinajstić information content (AvgIpc) is 2.78. The molecule has 0 radical (unpaired) electrons. The van der Waals surface area contributed by atoms with Gasteiger partial charge in [-0.1, -0.05) is 30.3 Å². The molecule has 2 atom stereocenters. The molecular formula is C15H20ClNO. The van der Waals surface area contributed by atoms with Crippen molar-refractivity contribution >= 4 is 17.5 Å². The van der Waals surface area contributed by atoms with Crippen LogP contribution in [0.5, 0.6) is 0 Å². The molecule has 2 nitrogen and oxygen atoms in total. The van der Waals surface area contributed by atoms with Crippen molar-refractivity contribution in [1.82, 2.24) is 4.90 Å². The maximum Gasteiger partial charge on any atom is 0.223 e. The van der Waals surface area contributed by atoms with Crippen molar-refractivity contribution in [2.45, 2.75) is 32.2 Å². The second-order valence-corrected chi connectivity index (χ2v) is 5.45. The molecule has 1 heterocycles. The van der Waals surface area contributed by atoms with Crippen LogP contribution in [0.25, 0.3) is 0 Å². The van der Waals surface area contributed by atoms with Crippen LogP contribution in [0.2, 0.25) is 0 Å². The zero-order chi connectivity index (χ0) is 13.0. The van der Waals surface area contributed by atoms with Crippen molar-refractivity contribution in [3.8, 4) is 0 Å². The van der Waals surface area contributed by atoms with Crippen LogP contribution in [-0.2, 0) is 11.2 Å². The number of alkyl halides is 1. The smallest absolute Gasteiger partial charge is 0.223 e. The molecule has 1 aliphatic heterocycles. The van der Waals surface area contributed by atoms with Crippen LogP contribution in [0, 0.1) is 5.92 Å². The molecule has 1 amide bonds. The van der Waals surface area contributed by atoms with E-state index in [1.165, 1.54) is 5.56 Å². The predicted molar refractivity (Wildman–Crippen MR) is 74.8 cm³/mol. The van der Waals surface area contributed by atoms with Crippen LogP contribution >= 0.6 is 11.6 Å². The van der Waals surface area contributed by atoms with E-state index < -0.39 is 0 Å². The first kappa shape index (κ1) is 13.4. The van der Waals surface area contributed by atoms with Crippen molar-refractivity contribution in [2.24, 2.45) is 5.92 Å². The summed E-state index contributed by atoms with van der Waals surface area (Å²) < 4.78 is 0. The molecule has 18 heavy (non-hydrogen) atoms. The number of likely N-dealkylation sites (tertiary alicyclic amines) is 1. The lowest BCUT2D eigenvalue weighted by Gasteiger charge is -2.24. The first-order valence-corrected chi connectivity index (χ1v) is 7.13. The Morgan fingerprint density at radius 1 is 1.39 bits per heavy atom. The Morgan fingerprint density at radius 2 is 2.11 bits per heavy atom. The molecule has 2 unspecified atom stereocenters. The van der Waals surface area contributed by atoms with Crippen molar-refractivity contribution in [2.75, 3.05) is 12.4 Å². The first-order valence-electron chi connectivity index (χ1n) is 6.60. The third kappa shape index (κ3) is 3.26. The quantitative estimate of drug-likeness (QED) is 0.749. The highest BCUT2D eigenvalue weighted by molar-refractivity contribution is 6.18. The number of rotatable bonds is 5. The monoisotopic (exact) mass is 265 g/mol. The van der Waals surface area contributed by atoms with Gasteiger partial charge in [-0.15, -0.1) is 11.6 Å². The van der Waals surface area contributed by atoms with E-state index in [2.05, 4.69) is 31.2 Å². The lowest BCUT2D eigenvalue weighted by atomic mass is 10.1. The van der Waals surface area contributed by atoms with Gasteiger partial charge < -0.3 is 4.90 Å². The van der Waals surface area contributed by atoms with E-state index in [0.29, 0.717) is 24.3 Å². The molecule has 1 fully saturated rings. The van der Waals surface area contributed by atoms with E-state index >= 15 is 0 Å². The van der Waals surface area contributed by atoms with Crippen LogP contribution < -0.4 is 0 Å². The van der Waals surface area contributed by atoms with Gasteiger partial charge in [0.1, 0.15) is 0 Å². The molecule has 0 aromatic heterocycles. The van der Waals surface area contributed by atoms with Gasteiger partial charge in [0.05, 0.1) is 0 Å². The number of carbonyl (C=O) groups is 1. The Bertz CT molecular complexity index is 393. The zero-order valence-corrected chi connectivity index (χ0v) is 11.6. The van der Waals surface area contributed by atoms with E-state index in [-0.39, 0.29) is 5.91 Å². The summed E-state index contributed by atoms with van der Waals surface area (Å²) in [7, 11) is 0. The number of hydrogen-bond acceptors (Lipinski definition) is 1. The molecule has 0 N–H and O–H groups in total. The third-order valence-corrected chi connectivity index (χ3v) is 4.12. The van der Waals surface area contributed by atoms with Gasteiger partial charge in [-0.25, -0.2) is 0 Å². The van der Waals surface area contributed by atoms with Gasteiger partial charge in [0, 0.05) is 24.9 Å². The van der Waals surface area contributed by atoms with Gasteiger partial charge in [-0.2, -0.15) is 0 Å². The summed E-state index contributed by atoms with van der Waals surface area (Å²) in [5.41, 5.74) is 1.34.